The molecular formula is C28H42N12O2. The molecule has 0 radical (unpaired) electrons. The zero-order chi connectivity index (χ0) is 29.6. The van der Waals surface area contributed by atoms with E-state index >= 15 is 0 Å². The predicted octanol–water partition coefficient (Wildman–Crippen LogP) is 2.74. The van der Waals surface area contributed by atoms with Crippen LogP contribution in [-0.4, -0.2) is 63.9 Å². The van der Waals surface area contributed by atoms with E-state index in [0.717, 1.165) is 25.7 Å². The lowest BCUT2D eigenvalue weighted by Gasteiger charge is -2.07. The minimum absolute atomic E-state index is 0.0307. The number of carbonyl (C=O) groups excluding carboxylic acids is 2. The van der Waals surface area contributed by atoms with Crippen LogP contribution in [-0.2, 0) is 22.7 Å². The minimum Gasteiger partial charge on any atom is -0.382 e. The molecule has 0 bridgehead atoms. The standard InChI is InChI=1S/C28H42N12O2/c29-25-23-27(35-17-33-25)39(19-37-23)15-11-21(41)31-13-9-7-5-3-1-2-4-6-8-10-14-32-22(42)12-16-40-20-38-24-26(30)34-18-36-28(24)40/h17-20H,1-16H2,(H,31,41)(H,32,42)(H2,29,33,35)(H2,30,34,36). The molecule has 0 spiro atoms. The summed E-state index contributed by atoms with van der Waals surface area (Å²) in [6.45, 7) is 2.43. The molecule has 4 heterocycles. The molecule has 42 heavy (non-hydrogen) atoms. The molecule has 0 aliphatic rings. The first-order valence-electron chi connectivity index (χ1n) is 14.9. The maximum Gasteiger partial charge on any atom is 0.221 e. The van der Waals surface area contributed by atoms with E-state index in [2.05, 4.69) is 40.5 Å². The van der Waals surface area contributed by atoms with Gasteiger partial charge >= 0.3 is 0 Å². The van der Waals surface area contributed by atoms with Crippen LogP contribution < -0.4 is 22.1 Å². The maximum atomic E-state index is 12.2. The third-order valence-corrected chi connectivity index (χ3v) is 7.27. The number of nitrogens with one attached hydrogen (secondary N) is 2. The van der Waals surface area contributed by atoms with Gasteiger partial charge in [0.2, 0.25) is 11.8 Å². The van der Waals surface area contributed by atoms with Crippen molar-refractivity contribution in [1.29, 1.82) is 0 Å². The van der Waals surface area contributed by atoms with E-state index in [4.69, 9.17) is 11.5 Å². The smallest absolute Gasteiger partial charge is 0.221 e. The summed E-state index contributed by atoms with van der Waals surface area (Å²) in [7, 11) is 0. The first kappa shape index (κ1) is 30.6. The summed E-state index contributed by atoms with van der Waals surface area (Å²) in [5.41, 5.74) is 14.0. The molecule has 0 fully saturated rings. The number of anilines is 2. The summed E-state index contributed by atoms with van der Waals surface area (Å²) in [5.74, 6) is 0.752. The van der Waals surface area contributed by atoms with Crippen molar-refractivity contribution >= 4 is 45.8 Å². The lowest BCUT2D eigenvalue weighted by molar-refractivity contribution is -0.122. The minimum atomic E-state index is 0.0307. The van der Waals surface area contributed by atoms with E-state index in [0.29, 0.717) is 73.0 Å². The van der Waals surface area contributed by atoms with Crippen molar-refractivity contribution in [2.24, 2.45) is 0 Å². The van der Waals surface area contributed by atoms with Crippen LogP contribution in [0.1, 0.15) is 77.0 Å². The summed E-state index contributed by atoms with van der Waals surface area (Å²) in [4.78, 5) is 49.0. The first-order valence-corrected chi connectivity index (χ1v) is 14.9. The van der Waals surface area contributed by atoms with Crippen LogP contribution in [0.5, 0.6) is 0 Å². The monoisotopic (exact) mass is 578 g/mol. The van der Waals surface area contributed by atoms with E-state index < -0.39 is 0 Å². The molecule has 0 aliphatic heterocycles. The number of nitrogens with two attached hydrogens (primary N) is 2. The number of unbranched alkanes of at least 4 members (excludes halogenated alkanes) is 9. The molecule has 0 aromatic carbocycles. The highest BCUT2D eigenvalue weighted by atomic mass is 16.2. The van der Waals surface area contributed by atoms with E-state index in [1.807, 2.05) is 9.13 Å². The number of nitrogen functional groups attached to an aromatic ring is 2. The van der Waals surface area contributed by atoms with Gasteiger partial charge in [-0.25, -0.2) is 29.9 Å². The van der Waals surface area contributed by atoms with Gasteiger partial charge in [-0.05, 0) is 12.8 Å². The van der Waals surface area contributed by atoms with Gasteiger partial charge in [-0.1, -0.05) is 51.4 Å². The van der Waals surface area contributed by atoms with Crippen molar-refractivity contribution in [3.05, 3.63) is 25.3 Å². The molecule has 4 rings (SSSR count). The molecule has 0 saturated heterocycles. The normalized spacial score (nSPS) is 11.3. The fraction of sp³-hybridized carbons (Fsp3) is 0.571. The van der Waals surface area contributed by atoms with Gasteiger partial charge in [-0.2, -0.15) is 0 Å². The van der Waals surface area contributed by atoms with Crippen LogP contribution in [0.15, 0.2) is 25.3 Å². The predicted molar refractivity (Wildman–Crippen MR) is 161 cm³/mol. The number of aromatic nitrogens is 8. The average Bonchev–Trinajstić information content (AvgIpc) is 3.61. The Labute approximate surface area is 245 Å². The lowest BCUT2D eigenvalue weighted by atomic mass is 10.1. The third kappa shape index (κ3) is 9.08. The van der Waals surface area contributed by atoms with Gasteiger partial charge in [0.1, 0.15) is 23.7 Å². The number of amides is 2. The molecule has 0 atom stereocenters. The van der Waals surface area contributed by atoms with Crippen LogP contribution in [0.3, 0.4) is 0 Å². The third-order valence-electron chi connectivity index (χ3n) is 7.27. The quantitative estimate of drug-likeness (QED) is 0.120. The van der Waals surface area contributed by atoms with Gasteiger partial charge < -0.3 is 31.2 Å². The molecule has 14 nitrogen and oxygen atoms in total. The molecule has 2 amide bonds. The summed E-state index contributed by atoms with van der Waals surface area (Å²) in [5, 5.41) is 6.00. The lowest BCUT2D eigenvalue weighted by Crippen LogP contribution is -2.25. The van der Waals surface area contributed by atoms with Gasteiger partial charge in [0.15, 0.2) is 22.9 Å². The van der Waals surface area contributed by atoms with Crippen molar-refractivity contribution in [2.75, 3.05) is 24.6 Å². The number of hydrogen-bond acceptors (Lipinski definition) is 10. The van der Waals surface area contributed by atoms with Crippen LogP contribution in [0.2, 0.25) is 0 Å². The zero-order valence-corrected chi connectivity index (χ0v) is 24.2. The fourth-order valence-corrected chi connectivity index (χ4v) is 4.87. The first-order chi connectivity index (χ1) is 20.5. The molecule has 0 saturated carbocycles. The molecule has 0 aliphatic carbocycles. The summed E-state index contributed by atoms with van der Waals surface area (Å²) >= 11 is 0. The van der Waals surface area contributed by atoms with Crippen molar-refractivity contribution in [2.45, 2.75) is 90.1 Å². The Bertz CT molecular complexity index is 1330. The molecule has 14 heteroatoms. The second-order valence-corrected chi connectivity index (χ2v) is 10.5. The van der Waals surface area contributed by atoms with E-state index in [1.165, 1.54) is 51.2 Å². The Morgan fingerprint density at radius 1 is 0.571 bits per heavy atom. The van der Waals surface area contributed by atoms with Crippen LogP contribution in [0.25, 0.3) is 22.3 Å². The highest BCUT2D eigenvalue weighted by Crippen LogP contribution is 2.15. The number of fused-ring (bicyclic) bond motifs is 2. The molecule has 4 aromatic rings. The number of rotatable bonds is 19. The SMILES string of the molecule is Nc1ncnc2c1ncn2CCC(=O)NCCCCCCCCCCCCNC(=O)CCn1cnc2c(N)ncnc21. The van der Waals surface area contributed by atoms with Gasteiger partial charge in [0.25, 0.3) is 0 Å². The highest BCUT2D eigenvalue weighted by Gasteiger charge is 2.10. The Morgan fingerprint density at radius 2 is 0.952 bits per heavy atom. The Kier molecular flexibility index (Phi) is 11.8. The number of aryl methyl sites for hydroxylation is 2. The second-order valence-electron chi connectivity index (χ2n) is 10.5. The van der Waals surface area contributed by atoms with Crippen molar-refractivity contribution in [3.63, 3.8) is 0 Å². The fourth-order valence-electron chi connectivity index (χ4n) is 4.87. The van der Waals surface area contributed by atoms with Gasteiger partial charge in [0.05, 0.1) is 12.7 Å². The maximum absolute atomic E-state index is 12.2. The van der Waals surface area contributed by atoms with Crippen molar-refractivity contribution in [1.82, 2.24) is 49.7 Å². The van der Waals surface area contributed by atoms with Crippen molar-refractivity contribution in [3.8, 4) is 0 Å². The largest absolute Gasteiger partial charge is 0.382 e. The van der Waals surface area contributed by atoms with E-state index in [-0.39, 0.29) is 11.8 Å². The van der Waals surface area contributed by atoms with Gasteiger partial charge in [-0.3, -0.25) is 9.59 Å². The molecule has 0 unspecified atom stereocenters. The number of carbonyl (C=O) groups is 2. The molecule has 6 N–H and O–H groups in total. The Balaban J connectivity index is 0.911. The highest BCUT2D eigenvalue weighted by molar-refractivity contribution is 5.82. The number of imidazole rings is 2. The number of nitrogens with zero attached hydrogens (tertiary/aromatic N) is 8. The van der Waals surface area contributed by atoms with Crippen LogP contribution in [0.4, 0.5) is 11.6 Å². The Hall–Kier alpha value is -4.36. The average molecular weight is 579 g/mol. The number of hydrogen-bond donors (Lipinski definition) is 4. The van der Waals surface area contributed by atoms with E-state index in [9.17, 15) is 9.59 Å². The topological polar surface area (TPSA) is 197 Å². The van der Waals surface area contributed by atoms with Crippen LogP contribution in [0, 0.1) is 0 Å². The summed E-state index contributed by atoms with van der Waals surface area (Å²) in [6.07, 6.45) is 18.4. The summed E-state index contributed by atoms with van der Waals surface area (Å²) < 4.78 is 3.65. The molecule has 4 aromatic heterocycles. The molecular weight excluding hydrogens is 536 g/mol. The van der Waals surface area contributed by atoms with Gasteiger partial charge in [-0.15, -0.1) is 0 Å². The summed E-state index contributed by atoms with van der Waals surface area (Å²) in [6, 6.07) is 0. The second kappa shape index (κ2) is 16.2. The van der Waals surface area contributed by atoms with E-state index in [1.54, 1.807) is 12.7 Å². The van der Waals surface area contributed by atoms with Crippen LogP contribution >= 0.6 is 0 Å². The van der Waals surface area contributed by atoms with Crippen molar-refractivity contribution < 1.29 is 9.59 Å². The van der Waals surface area contributed by atoms with Gasteiger partial charge in [0, 0.05) is 39.0 Å². The zero-order valence-electron chi connectivity index (χ0n) is 24.2. The molecule has 226 valence electrons. The Morgan fingerprint density at radius 3 is 1.36 bits per heavy atom.